The molecular weight excluding hydrogens is 471 g/mol. The van der Waals surface area contributed by atoms with E-state index in [1.54, 1.807) is 12.1 Å². The molecule has 36 heavy (non-hydrogen) atoms. The van der Waals surface area contributed by atoms with E-state index in [4.69, 9.17) is 5.10 Å². The molecule has 5 rings (SSSR count). The fourth-order valence-corrected chi connectivity index (χ4v) is 4.46. The first-order valence-corrected chi connectivity index (χ1v) is 11.6. The van der Waals surface area contributed by atoms with E-state index >= 15 is 0 Å². The number of carbonyl (C=O) groups excluding carboxylic acids is 1. The number of carbonyl (C=O) groups is 1. The molecule has 0 spiro atoms. The van der Waals surface area contributed by atoms with Gasteiger partial charge in [-0.2, -0.15) is 23.4 Å². The second-order valence-electron chi connectivity index (χ2n) is 8.57. The van der Waals surface area contributed by atoms with Crippen LogP contribution in [0, 0.1) is 6.92 Å². The number of aromatic nitrogens is 4. The highest BCUT2D eigenvalue weighted by atomic mass is 19.4. The Bertz CT molecular complexity index is 1420. The van der Waals surface area contributed by atoms with Crippen LogP contribution in [0.4, 0.5) is 19.0 Å². The maximum absolute atomic E-state index is 13.5. The molecule has 1 aliphatic rings. The number of hydrogen-bond acceptors (Lipinski definition) is 5. The molecule has 0 bridgehead atoms. The summed E-state index contributed by atoms with van der Waals surface area (Å²) < 4.78 is 43.3. The van der Waals surface area contributed by atoms with E-state index in [0.29, 0.717) is 0 Å². The van der Waals surface area contributed by atoms with Crippen molar-refractivity contribution < 1.29 is 18.0 Å². The largest absolute Gasteiger partial charge is 0.449 e. The Morgan fingerprint density at radius 3 is 2.50 bits per heavy atom. The molecule has 2 aromatic carbocycles. The van der Waals surface area contributed by atoms with Crippen molar-refractivity contribution in [1.82, 2.24) is 24.8 Å². The lowest BCUT2D eigenvalue weighted by Gasteiger charge is -2.20. The maximum atomic E-state index is 13.5. The van der Waals surface area contributed by atoms with Crippen molar-refractivity contribution in [2.45, 2.75) is 32.5 Å². The van der Waals surface area contributed by atoms with E-state index in [9.17, 15) is 18.0 Å². The number of nitrogens with zero attached hydrogens (tertiary/aromatic N) is 6. The number of hydrogen-bond donors (Lipinski definition) is 1. The van der Waals surface area contributed by atoms with Gasteiger partial charge in [0.1, 0.15) is 12.4 Å². The van der Waals surface area contributed by atoms with Gasteiger partial charge in [0.2, 0.25) is 5.82 Å². The third-order valence-electron chi connectivity index (χ3n) is 6.08. The highest BCUT2D eigenvalue weighted by molar-refractivity contribution is 5.90. The van der Waals surface area contributed by atoms with Crippen molar-refractivity contribution in [1.29, 1.82) is 0 Å². The molecule has 0 unspecified atom stereocenters. The molecule has 4 aromatic rings. The number of anilines is 1. The minimum atomic E-state index is -4.70. The molecule has 0 aliphatic carbocycles. The zero-order valence-corrected chi connectivity index (χ0v) is 19.5. The van der Waals surface area contributed by atoms with Crippen molar-refractivity contribution in [2.24, 2.45) is 5.10 Å². The molecule has 0 saturated carbocycles. The molecule has 1 fully saturated rings. The average molecular weight is 496 g/mol. The molecule has 0 atom stereocenters. The molecule has 3 heterocycles. The molecular formula is C25H24F3N7O. The number of amides is 1. The molecule has 1 saturated heterocycles. The number of alkyl halides is 3. The summed E-state index contributed by atoms with van der Waals surface area (Å²) in [6.07, 6.45) is -1.07. The van der Waals surface area contributed by atoms with Gasteiger partial charge < -0.3 is 9.47 Å². The van der Waals surface area contributed by atoms with Gasteiger partial charge in [0, 0.05) is 13.1 Å². The molecule has 1 aliphatic heterocycles. The monoisotopic (exact) mass is 495 g/mol. The smallest absolute Gasteiger partial charge is 0.356 e. The highest BCUT2D eigenvalue weighted by Crippen LogP contribution is 2.31. The van der Waals surface area contributed by atoms with E-state index in [1.165, 1.54) is 18.3 Å². The Labute approximate surface area is 205 Å². The van der Waals surface area contributed by atoms with Gasteiger partial charge in [0.25, 0.3) is 5.91 Å². The minimum absolute atomic E-state index is 0.167. The fourth-order valence-electron chi connectivity index (χ4n) is 4.46. The maximum Gasteiger partial charge on any atom is 0.449 e. The van der Waals surface area contributed by atoms with Crippen LogP contribution in [-0.2, 0) is 17.5 Å². The van der Waals surface area contributed by atoms with Crippen molar-refractivity contribution in [3.05, 3.63) is 71.7 Å². The predicted octanol–water partition coefficient (Wildman–Crippen LogP) is 4.30. The van der Waals surface area contributed by atoms with Gasteiger partial charge in [-0.05, 0) is 44.0 Å². The van der Waals surface area contributed by atoms with Crippen molar-refractivity contribution in [2.75, 3.05) is 18.0 Å². The summed E-state index contributed by atoms with van der Waals surface area (Å²) in [5.74, 6) is -0.955. The Balaban J connectivity index is 1.40. The first-order chi connectivity index (χ1) is 17.3. The second kappa shape index (κ2) is 9.48. The number of aryl methyl sites for hydroxylation is 1. The summed E-state index contributed by atoms with van der Waals surface area (Å²) in [7, 11) is 0. The second-order valence-corrected chi connectivity index (χ2v) is 8.57. The average Bonchev–Trinajstić information content (AvgIpc) is 3.58. The van der Waals surface area contributed by atoms with E-state index in [2.05, 4.69) is 20.4 Å². The lowest BCUT2D eigenvalue weighted by molar-refractivity contribution is -0.147. The highest BCUT2D eigenvalue weighted by Gasteiger charge is 2.38. The number of rotatable bonds is 6. The Kier molecular flexibility index (Phi) is 6.21. The summed E-state index contributed by atoms with van der Waals surface area (Å²) in [6, 6.07) is 15.9. The van der Waals surface area contributed by atoms with Crippen LogP contribution in [0.15, 0.2) is 59.7 Å². The van der Waals surface area contributed by atoms with Crippen LogP contribution >= 0.6 is 0 Å². The summed E-state index contributed by atoms with van der Waals surface area (Å²) in [5.41, 5.74) is 5.12. The number of para-hydroxylation sites is 3. The van der Waals surface area contributed by atoms with E-state index in [-0.39, 0.29) is 11.0 Å². The van der Waals surface area contributed by atoms with Gasteiger partial charge in [-0.15, -0.1) is 0 Å². The molecule has 11 heteroatoms. The lowest BCUT2D eigenvalue weighted by atomic mass is 10.2. The molecule has 2 aromatic heterocycles. The number of halogens is 3. The summed E-state index contributed by atoms with van der Waals surface area (Å²) in [6.45, 7) is 3.03. The molecule has 0 radical (unpaired) electrons. The standard InChI is InChI=1S/C25H24F3N7O/c1-17-19(23(33-13-7-8-14-33)35(32-17)18-9-3-2-4-10-18)15-29-31-22(36)16-34-21-12-6-5-11-20(21)30-24(34)25(26,27)28/h2-6,9-12,15H,7-8,13-14,16H2,1H3,(H,31,36)/b29-15+. The molecule has 1 N–H and O–H groups in total. The van der Waals surface area contributed by atoms with Crippen LogP contribution in [0.1, 0.15) is 29.9 Å². The van der Waals surface area contributed by atoms with Gasteiger partial charge in [-0.1, -0.05) is 30.3 Å². The summed E-state index contributed by atoms with van der Waals surface area (Å²) in [4.78, 5) is 18.5. The van der Waals surface area contributed by atoms with E-state index in [0.717, 1.165) is 53.3 Å². The third kappa shape index (κ3) is 4.56. The quantitative estimate of drug-likeness (QED) is 0.320. The Hall–Kier alpha value is -4.15. The van der Waals surface area contributed by atoms with Crippen LogP contribution in [0.3, 0.4) is 0 Å². The number of imidazole rings is 1. The first kappa shape index (κ1) is 23.6. The lowest BCUT2D eigenvalue weighted by Crippen LogP contribution is -2.26. The van der Waals surface area contributed by atoms with Crippen LogP contribution in [-0.4, -0.2) is 44.5 Å². The van der Waals surface area contributed by atoms with Gasteiger partial charge in [0.15, 0.2) is 0 Å². The van der Waals surface area contributed by atoms with Crippen molar-refractivity contribution >= 4 is 29.0 Å². The number of nitrogens with one attached hydrogen (secondary N) is 1. The molecule has 8 nitrogen and oxygen atoms in total. The molecule has 1 amide bonds. The van der Waals surface area contributed by atoms with Crippen LogP contribution in [0.5, 0.6) is 0 Å². The number of benzene rings is 2. The predicted molar refractivity (Wildman–Crippen MR) is 130 cm³/mol. The summed E-state index contributed by atoms with van der Waals surface area (Å²) >= 11 is 0. The van der Waals surface area contributed by atoms with Crippen LogP contribution in [0.25, 0.3) is 16.7 Å². The summed E-state index contributed by atoms with van der Waals surface area (Å²) in [5, 5.41) is 8.76. The number of fused-ring (bicyclic) bond motifs is 1. The Morgan fingerprint density at radius 1 is 1.08 bits per heavy atom. The minimum Gasteiger partial charge on any atom is -0.356 e. The van der Waals surface area contributed by atoms with Gasteiger partial charge in [0.05, 0.1) is 34.2 Å². The van der Waals surface area contributed by atoms with E-state index < -0.39 is 24.5 Å². The van der Waals surface area contributed by atoms with Crippen molar-refractivity contribution in [3.8, 4) is 5.69 Å². The topological polar surface area (TPSA) is 80.3 Å². The van der Waals surface area contributed by atoms with Crippen molar-refractivity contribution in [3.63, 3.8) is 0 Å². The normalized spacial score (nSPS) is 14.3. The van der Waals surface area contributed by atoms with Gasteiger partial charge in [-0.25, -0.2) is 15.1 Å². The van der Waals surface area contributed by atoms with Crippen LogP contribution < -0.4 is 10.3 Å². The fraction of sp³-hybridized carbons (Fsp3) is 0.280. The first-order valence-electron chi connectivity index (χ1n) is 11.6. The zero-order chi connectivity index (χ0) is 25.3. The third-order valence-corrected chi connectivity index (χ3v) is 6.08. The van der Waals surface area contributed by atoms with Crippen LogP contribution in [0.2, 0.25) is 0 Å². The zero-order valence-electron chi connectivity index (χ0n) is 19.5. The SMILES string of the molecule is Cc1nn(-c2ccccc2)c(N2CCCC2)c1/C=N/NC(=O)Cn1c(C(F)(F)F)nc2ccccc21. The van der Waals surface area contributed by atoms with E-state index in [1.807, 2.05) is 41.9 Å². The Morgan fingerprint density at radius 2 is 1.78 bits per heavy atom. The molecule has 186 valence electrons. The number of hydrazone groups is 1. The van der Waals surface area contributed by atoms with Gasteiger partial charge >= 0.3 is 6.18 Å². The van der Waals surface area contributed by atoms with Gasteiger partial charge in [-0.3, -0.25) is 4.79 Å².